The lowest BCUT2D eigenvalue weighted by Crippen LogP contribution is -2.28. The molecule has 2 fully saturated rings. The highest BCUT2D eigenvalue weighted by Gasteiger charge is 2.28. The number of unbranched alkanes of at least 4 members (excludes halogenated alkanes) is 1. The SMILES string of the molecule is CC(OC(=O)CCCCc1ccc(-c2c(C#N)c3ccc(OCC4OCCO4)cc3n2C2CCC2)cc1)C(C)(C)C. The summed E-state index contributed by atoms with van der Waals surface area (Å²) in [5.74, 6) is 0.627. The van der Waals surface area contributed by atoms with Gasteiger partial charge in [-0.3, -0.25) is 4.79 Å². The van der Waals surface area contributed by atoms with Crippen LogP contribution < -0.4 is 4.74 Å². The van der Waals surface area contributed by atoms with Crippen molar-refractivity contribution >= 4 is 16.9 Å². The van der Waals surface area contributed by atoms with Crippen LogP contribution in [0.4, 0.5) is 0 Å². The Kier molecular flexibility index (Phi) is 9.01. The fraction of sp³-hybridized carbons (Fsp3) is 0.529. The van der Waals surface area contributed by atoms with E-state index < -0.39 is 0 Å². The number of hydrogen-bond donors (Lipinski definition) is 0. The highest BCUT2D eigenvalue weighted by molar-refractivity contribution is 5.95. The minimum Gasteiger partial charge on any atom is -0.488 e. The normalized spacial score (nSPS) is 16.9. The van der Waals surface area contributed by atoms with Crippen molar-refractivity contribution in [2.45, 2.75) is 91.1 Å². The van der Waals surface area contributed by atoms with E-state index in [2.05, 4.69) is 61.7 Å². The minimum atomic E-state index is -0.334. The third-order valence-electron chi connectivity index (χ3n) is 8.46. The molecule has 5 rings (SSSR count). The first-order chi connectivity index (χ1) is 19.7. The number of nitriles is 1. The zero-order valence-electron chi connectivity index (χ0n) is 24.8. The number of hydrogen-bond acceptors (Lipinski definition) is 6. The summed E-state index contributed by atoms with van der Waals surface area (Å²) in [7, 11) is 0. The van der Waals surface area contributed by atoms with Crippen LogP contribution in [0.5, 0.6) is 5.75 Å². The van der Waals surface area contributed by atoms with Gasteiger partial charge < -0.3 is 23.5 Å². The Labute approximate surface area is 243 Å². The van der Waals surface area contributed by atoms with Gasteiger partial charge in [0.05, 0.1) is 30.0 Å². The highest BCUT2D eigenvalue weighted by Crippen LogP contribution is 2.43. The molecule has 1 saturated carbocycles. The molecule has 1 aliphatic carbocycles. The molecule has 2 heterocycles. The molecule has 3 aromatic rings. The van der Waals surface area contributed by atoms with Crippen molar-refractivity contribution in [2.24, 2.45) is 5.41 Å². The Morgan fingerprint density at radius 1 is 1.10 bits per heavy atom. The van der Waals surface area contributed by atoms with Crippen LogP contribution >= 0.6 is 0 Å². The standard InChI is InChI=1S/C34H42N2O5/c1-23(34(2,3)4)41-31(37)11-6-5-8-24-12-14-25(15-13-24)33-29(21-35)28-17-16-27(40-22-32-38-18-19-39-32)20-30(28)36(33)26-9-7-10-26/h12-17,20,23,26,32H,5-11,18-19,22H2,1-4H3. The fourth-order valence-corrected chi connectivity index (χ4v) is 5.33. The number of esters is 1. The molecule has 1 atom stereocenters. The molecule has 7 nitrogen and oxygen atoms in total. The topological polar surface area (TPSA) is 82.7 Å². The van der Waals surface area contributed by atoms with E-state index in [9.17, 15) is 10.1 Å². The van der Waals surface area contributed by atoms with E-state index in [1.807, 2.05) is 19.1 Å². The molecule has 1 saturated heterocycles. The molecule has 41 heavy (non-hydrogen) atoms. The molecular formula is C34H42N2O5. The third-order valence-corrected chi connectivity index (χ3v) is 8.46. The summed E-state index contributed by atoms with van der Waals surface area (Å²) in [6.45, 7) is 9.72. The van der Waals surface area contributed by atoms with Crippen molar-refractivity contribution in [3.05, 3.63) is 53.6 Å². The monoisotopic (exact) mass is 558 g/mol. The second-order valence-corrected chi connectivity index (χ2v) is 12.4. The number of benzene rings is 2. The van der Waals surface area contributed by atoms with Gasteiger partial charge in [-0.1, -0.05) is 45.0 Å². The van der Waals surface area contributed by atoms with Crippen LogP contribution in [-0.2, 0) is 25.4 Å². The molecule has 1 aliphatic heterocycles. The lowest BCUT2D eigenvalue weighted by atomic mass is 9.90. The maximum Gasteiger partial charge on any atom is 0.306 e. The Bertz CT molecular complexity index is 1390. The predicted octanol–water partition coefficient (Wildman–Crippen LogP) is 7.35. The van der Waals surface area contributed by atoms with Crippen LogP contribution in [0.1, 0.15) is 83.4 Å². The number of carbonyl (C=O) groups excluding carboxylic acids is 1. The summed E-state index contributed by atoms with van der Waals surface area (Å²) in [6, 6.07) is 17.4. The first-order valence-corrected chi connectivity index (χ1v) is 15.0. The predicted molar refractivity (Wildman–Crippen MR) is 159 cm³/mol. The van der Waals surface area contributed by atoms with Gasteiger partial charge in [0.25, 0.3) is 0 Å². The average Bonchev–Trinajstić information content (AvgIpc) is 3.55. The van der Waals surface area contributed by atoms with Crippen LogP contribution in [0.3, 0.4) is 0 Å². The number of aryl methyl sites for hydroxylation is 1. The summed E-state index contributed by atoms with van der Waals surface area (Å²) < 4.78 is 25.0. The first-order valence-electron chi connectivity index (χ1n) is 15.0. The van der Waals surface area contributed by atoms with Crippen LogP contribution in [-0.4, -0.2) is 42.8 Å². The van der Waals surface area contributed by atoms with Gasteiger partial charge in [0.2, 0.25) is 0 Å². The van der Waals surface area contributed by atoms with E-state index in [1.54, 1.807) is 0 Å². The lowest BCUT2D eigenvalue weighted by molar-refractivity contribution is -0.153. The summed E-state index contributed by atoms with van der Waals surface area (Å²) in [5.41, 5.74) is 4.93. The van der Waals surface area contributed by atoms with E-state index in [-0.39, 0.29) is 23.8 Å². The fourth-order valence-electron chi connectivity index (χ4n) is 5.33. The van der Waals surface area contributed by atoms with Gasteiger partial charge in [-0.15, -0.1) is 0 Å². The minimum absolute atomic E-state index is 0.0525. The van der Waals surface area contributed by atoms with Gasteiger partial charge in [0, 0.05) is 23.9 Å². The van der Waals surface area contributed by atoms with Crippen LogP contribution in [0.25, 0.3) is 22.2 Å². The van der Waals surface area contributed by atoms with Crippen LogP contribution in [0.2, 0.25) is 0 Å². The van der Waals surface area contributed by atoms with Gasteiger partial charge in [-0.25, -0.2) is 0 Å². The Morgan fingerprint density at radius 3 is 2.46 bits per heavy atom. The first kappa shape index (κ1) is 29.2. The van der Waals surface area contributed by atoms with Gasteiger partial charge in [-0.2, -0.15) is 5.26 Å². The van der Waals surface area contributed by atoms with Crippen molar-refractivity contribution in [1.82, 2.24) is 4.57 Å². The maximum atomic E-state index is 12.2. The zero-order valence-corrected chi connectivity index (χ0v) is 24.8. The largest absolute Gasteiger partial charge is 0.488 e. The number of fused-ring (bicyclic) bond motifs is 1. The van der Waals surface area contributed by atoms with Gasteiger partial charge >= 0.3 is 5.97 Å². The molecule has 2 aromatic carbocycles. The second kappa shape index (κ2) is 12.7. The number of nitrogens with zero attached hydrogens (tertiary/aromatic N) is 2. The smallest absolute Gasteiger partial charge is 0.306 e. The van der Waals surface area contributed by atoms with Crippen molar-refractivity contribution in [2.75, 3.05) is 19.8 Å². The number of aromatic nitrogens is 1. The number of carbonyl (C=O) groups is 1. The highest BCUT2D eigenvalue weighted by atomic mass is 16.7. The van der Waals surface area contributed by atoms with E-state index in [4.69, 9.17) is 18.9 Å². The molecule has 0 radical (unpaired) electrons. The van der Waals surface area contributed by atoms with Gasteiger partial charge in [0.1, 0.15) is 24.5 Å². The molecule has 2 aliphatic rings. The Balaban J connectivity index is 1.29. The van der Waals surface area contributed by atoms with Gasteiger partial charge in [-0.05, 0) is 74.1 Å². The summed E-state index contributed by atoms with van der Waals surface area (Å²) in [6.07, 6.45) is 6.03. The Hall–Kier alpha value is -3.34. The second-order valence-electron chi connectivity index (χ2n) is 12.4. The molecular weight excluding hydrogens is 516 g/mol. The molecule has 0 amide bonds. The number of ether oxygens (including phenoxy) is 4. The molecule has 0 spiro atoms. The average molecular weight is 559 g/mol. The van der Waals surface area contributed by atoms with Crippen LogP contribution in [0.15, 0.2) is 42.5 Å². The van der Waals surface area contributed by atoms with Crippen molar-refractivity contribution in [3.63, 3.8) is 0 Å². The van der Waals surface area contributed by atoms with E-state index in [0.29, 0.717) is 37.8 Å². The maximum absolute atomic E-state index is 12.2. The summed E-state index contributed by atoms with van der Waals surface area (Å²) in [5, 5.41) is 11.2. The van der Waals surface area contributed by atoms with E-state index in [1.165, 1.54) is 12.0 Å². The zero-order chi connectivity index (χ0) is 29.0. The lowest BCUT2D eigenvalue weighted by Gasteiger charge is -2.30. The third kappa shape index (κ3) is 6.77. The van der Waals surface area contributed by atoms with Crippen molar-refractivity contribution in [1.29, 1.82) is 5.26 Å². The molecule has 1 unspecified atom stereocenters. The number of rotatable bonds is 11. The van der Waals surface area contributed by atoms with Crippen molar-refractivity contribution in [3.8, 4) is 23.1 Å². The van der Waals surface area contributed by atoms with Crippen LogP contribution in [0, 0.1) is 16.7 Å². The molecule has 7 heteroatoms. The molecule has 0 bridgehead atoms. The Morgan fingerprint density at radius 2 is 1.83 bits per heavy atom. The molecule has 0 N–H and O–H groups in total. The summed E-state index contributed by atoms with van der Waals surface area (Å²) in [4.78, 5) is 12.2. The molecule has 1 aromatic heterocycles. The molecule has 218 valence electrons. The quantitative estimate of drug-likeness (QED) is 0.181. The van der Waals surface area contributed by atoms with Crippen molar-refractivity contribution < 1.29 is 23.7 Å². The summed E-state index contributed by atoms with van der Waals surface area (Å²) >= 11 is 0. The van der Waals surface area contributed by atoms with E-state index in [0.717, 1.165) is 60.0 Å². The van der Waals surface area contributed by atoms with E-state index >= 15 is 0 Å². The van der Waals surface area contributed by atoms with Gasteiger partial charge in [0.15, 0.2) is 6.29 Å².